The van der Waals surface area contributed by atoms with Crippen LogP contribution in [0.4, 0.5) is 5.69 Å². The van der Waals surface area contributed by atoms with Crippen molar-refractivity contribution in [2.45, 2.75) is 11.8 Å². The van der Waals surface area contributed by atoms with Crippen LogP contribution in [0.2, 0.25) is 0 Å². The highest BCUT2D eigenvalue weighted by Crippen LogP contribution is 2.56. The van der Waals surface area contributed by atoms with Crippen LogP contribution >= 0.6 is 0 Å². The average Bonchev–Trinajstić information content (AvgIpc) is 3.38. The number of rotatable bonds is 7. The van der Waals surface area contributed by atoms with Crippen LogP contribution in [0.5, 0.6) is 0 Å². The summed E-state index contributed by atoms with van der Waals surface area (Å²) < 4.78 is 0. The highest BCUT2D eigenvalue weighted by atomic mass is 15.0. The smallest absolute Gasteiger partial charge is 0.187 e. The van der Waals surface area contributed by atoms with E-state index in [9.17, 15) is 0 Å². The van der Waals surface area contributed by atoms with Crippen LogP contribution in [0.25, 0.3) is 84.0 Å². The number of nitrogens with zero attached hydrogens (tertiary/aromatic N) is 6. The van der Waals surface area contributed by atoms with Crippen LogP contribution in [0.3, 0.4) is 0 Å². The summed E-state index contributed by atoms with van der Waals surface area (Å²) in [4.78, 5) is 29.2. The molecule has 0 saturated heterocycles. The van der Waals surface area contributed by atoms with E-state index in [0.29, 0.717) is 29.0 Å². The Labute approximate surface area is 371 Å². The van der Waals surface area contributed by atoms with Crippen LogP contribution in [0.15, 0.2) is 206 Å². The van der Waals surface area contributed by atoms with Gasteiger partial charge in [0.15, 0.2) is 29.0 Å². The minimum Gasteiger partial charge on any atom is -0.238 e. The molecule has 2 atom stereocenters. The number of hydrogen-bond donors (Lipinski definition) is 0. The molecular weight excluding hydrogens is 781 g/mol. The number of hydrogen-bond acceptors (Lipinski definition) is 5. The van der Waals surface area contributed by atoms with Crippen LogP contribution in [-0.4, -0.2) is 24.9 Å². The molecule has 0 radical (unpaired) electrons. The summed E-state index contributed by atoms with van der Waals surface area (Å²) in [6, 6.07) is 71.3. The first-order chi connectivity index (χ1) is 31.7. The minimum atomic E-state index is 0.0335. The van der Waals surface area contributed by atoms with Gasteiger partial charge < -0.3 is 0 Å². The Morgan fingerprint density at radius 2 is 0.703 bits per heavy atom. The van der Waals surface area contributed by atoms with E-state index >= 15 is 0 Å². The quantitative estimate of drug-likeness (QED) is 0.150. The Morgan fingerprint density at radius 3 is 1.25 bits per heavy atom. The first kappa shape index (κ1) is 37.1. The van der Waals surface area contributed by atoms with Gasteiger partial charge in [0.2, 0.25) is 0 Å². The van der Waals surface area contributed by atoms with E-state index in [4.69, 9.17) is 31.5 Å². The van der Waals surface area contributed by atoms with Crippen LogP contribution in [0, 0.1) is 6.57 Å². The third-order valence-corrected chi connectivity index (χ3v) is 12.6. The third kappa shape index (κ3) is 6.38. The maximum Gasteiger partial charge on any atom is 0.187 e. The Balaban J connectivity index is 0.986. The van der Waals surface area contributed by atoms with Crippen LogP contribution < -0.4 is 0 Å². The molecule has 2 unspecified atom stereocenters. The molecule has 8 aromatic carbocycles. The molecule has 3 aliphatic carbocycles. The Hall–Kier alpha value is -8.66. The Kier molecular flexibility index (Phi) is 8.91. The lowest BCUT2D eigenvalue weighted by atomic mass is 9.60. The number of benzene rings is 8. The summed E-state index contributed by atoms with van der Waals surface area (Å²) in [6.45, 7) is 7.47. The fraction of sp³-hybridized carbons (Fsp3) is 0.0345. The van der Waals surface area contributed by atoms with Gasteiger partial charge >= 0.3 is 0 Å². The van der Waals surface area contributed by atoms with E-state index in [0.717, 1.165) is 55.9 Å². The van der Waals surface area contributed by atoms with E-state index in [2.05, 4.69) is 102 Å². The van der Waals surface area contributed by atoms with Crippen molar-refractivity contribution < 1.29 is 0 Å². The molecule has 6 heteroatoms. The lowest BCUT2D eigenvalue weighted by Crippen LogP contribution is -2.27. The van der Waals surface area contributed by atoms with Gasteiger partial charge in [0.05, 0.1) is 18.0 Å². The standard InChI is InChI=1S/C58H36N6/c1-59-42-29-25-36(26-30-42)43-21-11-12-22-44(43)52-35-51(60-55(61-52)37-15-5-2-6-16-37)40-27-31-47-49(33-40)53-45-23-13-14-24-46(45)54(47)50-34-41(28-32-48(50)53)58-63-56(38-17-7-3-8-18-38)62-57(64-58)39-19-9-4-10-20-39/h2-35,53-54H. The van der Waals surface area contributed by atoms with E-state index in [1.54, 1.807) is 0 Å². The van der Waals surface area contributed by atoms with E-state index in [1.165, 1.54) is 33.4 Å². The first-order valence-electron chi connectivity index (χ1n) is 21.4. The summed E-state index contributed by atoms with van der Waals surface area (Å²) >= 11 is 0. The van der Waals surface area contributed by atoms with Crippen molar-refractivity contribution in [3.05, 3.63) is 251 Å². The van der Waals surface area contributed by atoms with Gasteiger partial charge in [0.25, 0.3) is 0 Å². The van der Waals surface area contributed by atoms with Crippen molar-refractivity contribution in [3.8, 4) is 79.2 Å². The Bertz CT molecular complexity index is 3390. The maximum atomic E-state index is 7.47. The lowest BCUT2D eigenvalue weighted by molar-refractivity contribution is 0.754. The second-order valence-corrected chi connectivity index (χ2v) is 16.3. The number of aromatic nitrogens is 5. The van der Waals surface area contributed by atoms with Crippen molar-refractivity contribution in [1.29, 1.82) is 0 Å². The van der Waals surface area contributed by atoms with Gasteiger partial charge in [-0.25, -0.2) is 29.8 Å². The highest BCUT2D eigenvalue weighted by Gasteiger charge is 2.41. The average molecular weight is 817 g/mol. The Morgan fingerprint density at radius 1 is 0.297 bits per heavy atom. The second kappa shape index (κ2) is 15.4. The molecule has 0 N–H and O–H groups in total. The third-order valence-electron chi connectivity index (χ3n) is 12.6. The molecule has 0 fully saturated rings. The molecule has 2 aromatic heterocycles. The SMILES string of the molecule is [C-]#[N+]c1ccc(-c2ccccc2-c2cc(-c3ccc4c(c3)C3c5ccccc5C4c4cc(-c5nc(-c6ccccc6)nc(-c6ccccc6)n5)ccc43)nc(-c3ccccc3)n2)cc1. The summed E-state index contributed by atoms with van der Waals surface area (Å²) in [6.07, 6.45) is 0. The van der Waals surface area contributed by atoms with E-state index in [1.807, 2.05) is 109 Å². The summed E-state index contributed by atoms with van der Waals surface area (Å²) in [7, 11) is 0. The van der Waals surface area contributed by atoms with Crippen molar-refractivity contribution in [3.63, 3.8) is 0 Å². The van der Waals surface area contributed by atoms with E-state index < -0.39 is 0 Å². The second-order valence-electron chi connectivity index (χ2n) is 16.3. The van der Waals surface area contributed by atoms with Gasteiger partial charge in [-0.05, 0) is 62.7 Å². The van der Waals surface area contributed by atoms with Gasteiger partial charge in [0.1, 0.15) is 0 Å². The zero-order chi connectivity index (χ0) is 42.6. The molecular formula is C58H36N6. The predicted octanol–water partition coefficient (Wildman–Crippen LogP) is 13.9. The van der Waals surface area contributed by atoms with E-state index in [-0.39, 0.29) is 11.8 Å². The normalized spacial score (nSPS) is 14.2. The summed E-state index contributed by atoms with van der Waals surface area (Å²) in [5.74, 6) is 2.68. The molecule has 6 nitrogen and oxygen atoms in total. The molecule has 13 rings (SSSR count). The van der Waals surface area contributed by atoms with Gasteiger partial charge in [-0.15, -0.1) is 0 Å². The molecule has 64 heavy (non-hydrogen) atoms. The van der Waals surface area contributed by atoms with Gasteiger partial charge in [-0.3, -0.25) is 0 Å². The molecule has 0 saturated carbocycles. The molecule has 10 aromatic rings. The molecule has 298 valence electrons. The van der Waals surface area contributed by atoms with Crippen molar-refractivity contribution in [1.82, 2.24) is 24.9 Å². The fourth-order valence-electron chi connectivity index (χ4n) is 9.58. The first-order valence-corrected chi connectivity index (χ1v) is 21.4. The summed E-state index contributed by atoms with van der Waals surface area (Å²) in [5, 5.41) is 0. The van der Waals surface area contributed by atoms with Gasteiger partial charge in [0, 0.05) is 45.2 Å². The largest absolute Gasteiger partial charge is 0.238 e. The van der Waals surface area contributed by atoms with Crippen molar-refractivity contribution >= 4 is 5.69 Å². The maximum absolute atomic E-state index is 7.47. The molecule has 0 aliphatic heterocycles. The monoisotopic (exact) mass is 816 g/mol. The van der Waals surface area contributed by atoms with Crippen LogP contribution in [-0.2, 0) is 0 Å². The zero-order valence-electron chi connectivity index (χ0n) is 34.5. The predicted molar refractivity (Wildman–Crippen MR) is 255 cm³/mol. The summed E-state index contributed by atoms with van der Waals surface area (Å²) in [5.41, 5.74) is 18.0. The van der Waals surface area contributed by atoms with Crippen molar-refractivity contribution in [2.75, 3.05) is 0 Å². The lowest BCUT2D eigenvalue weighted by Gasteiger charge is -2.42. The fourth-order valence-corrected chi connectivity index (χ4v) is 9.58. The van der Waals surface area contributed by atoms with Crippen molar-refractivity contribution in [2.24, 2.45) is 0 Å². The van der Waals surface area contributed by atoms with Crippen LogP contribution in [0.1, 0.15) is 45.2 Å². The topological polar surface area (TPSA) is 68.8 Å². The molecule has 0 amide bonds. The van der Waals surface area contributed by atoms with Gasteiger partial charge in [-0.2, -0.15) is 0 Å². The zero-order valence-corrected chi connectivity index (χ0v) is 34.5. The minimum absolute atomic E-state index is 0.0335. The molecule has 3 aliphatic rings. The molecule has 0 spiro atoms. The molecule has 2 bridgehead atoms. The van der Waals surface area contributed by atoms with Gasteiger partial charge in [-0.1, -0.05) is 188 Å². The highest BCUT2D eigenvalue weighted by molar-refractivity contribution is 5.85. The molecule has 2 heterocycles.